The van der Waals surface area contributed by atoms with E-state index in [4.69, 9.17) is 0 Å². The van der Waals surface area contributed by atoms with Crippen LogP contribution in [0.15, 0.2) is 42.5 Å². The lowest BCUT2D eigenvalue weighted by atomic mass is 9.83. The molecule has 1 atom stereocenters. The van der Waals surface area contributed by atoms with Crippen molar-refractivity contribution in [2.45, 2.75) is 32.1 Å². The summed E-state index contributed by atoms with van der Waals surface area (Å²) < 4.78 is 0. The Morgan fingerprint density at radius 1 is 1.00 bits per heavy atom. The molecule has 1 aliphatic rings. The van der Waals surface area contributed by atoms with Crippen LogP contribution in [0, 0.1) is 5.92 Å². The number of carbonyl (C=O) groups excluding carboxylic acids is 1. The Labute approximate surface area is 108 Å². The normalized spacial score (nSPS) is 20.2. The van der Waals surface area contributed by atoms with Crippen LogP contribution in [-0.4, -0.2) is 5.78 Å². The minimum Gasteiger partial charge on any atom is -0.299 e. The third-order valence-corrected chi connectivity index (χ3v) is 3.98. The van der Waals surface area contributed by atoms with E-state index in [-0.39, 0.29) is 5.92 Å². The molecule has 0 saturated heterocycles. The Hall–Kier alpha value is -1.63. The molecular formula is C17H18O. The van der Waals surface area contributed by atoms with Crippen LogP contribution < -0.4 is 0 Å². The van der Waals surface area contributed by atoms with Gasteiger partial charge in [0, 0.05) is 12.3 Å². The smallest absolute Gasteiger partial charge is 0.136 e. The second-order valence-electron chi connectivity index (χ2n) is 5.29. The largest absolute Gasteiger partial charge is 0.299 e. The SMILES string of the molecule is O=C1CCCCC1Cc1ccc2ccccc2c1. The first-order valence-corrected chi connectivity index (χ1v) is 6.83. The van der Waals surface area contributed by atoms with Crippen molar-refractivity contribution in [3.63, 3.8) is 0 Å². The summed E-state index contributed by atoms with van der Waals surface area (Å²) in [6.07, 6.45) is 5.09. The Morgan fingerprint density at radius 2 is 1.83 bits per heavy atom. The van der Waals surface area contributed by atoms with Crippen LogP contribution in [0.1, 0.15) is 31.2 Å². The van der Waals surface area contributed by atoms with Gasteiger partial charge in [0.2, 0.25) is 0 Å². The molecule has 0 bridgehead atoms. The van der Waals surface area contributed by atoms with E-state index in [1.807, 2.05) is 0 Å². The topological polar surface area (TPSA) is 17.1 Å². The second kappa shape index (κ2) is 4.93. The summed E-state index contributed by atoms with van der Waals surface area (Å²) in [5.74, 6) is 0.731. The van der Waals surface area contributed by atoms with Gasteiger partial charge < -0.3 is 0 Å². The lowest BCUT2D eigenvalue weighted by molar-refractivity contribution is -0.124. The second-order valence-corrected chi connectivity index (χ2v) is 5.29. The van der Waals surface area contributed by atoms with Crippen LogP contribution in [0.3, 0.4) is 0 Å². The molecule has 0 heterocycles. The van der Waals surface area contributed by atoms with Gasteiger partial charge in [0.25, 0.3) is 0 Å². The van der Waals surface area contributed by atoms with E-state index in [1.165, 1.54) is 22.8 Å². The predicted molar refractivity (Wildman–Crippen MR) is 74.6 cm³/mol. The van der Waals surface area contributed by atoms with Crippen molar-refractivity contribution in [1.29, 1.82) is 0 Å². The summed E-state index contributed by atoms with van der Waals surface area (Å²) in [5.41, 5.74) is 1.30. The van der Waals surface area contributed by atoms with E-state index in [0.29, 0.717) is 5.78 Å². The molecular weight excluding hydrogens is 220 g/mol. The van der Waals surface area contributed by atoms with Gasteiger partial charge in [-0.1, -0.05) is 48.9 Å². The molecule has 0 spiro atoms. The minimum atomic E-state index is 0.264. The van der Waals surface area contributed by atoms with Crippen molar-refractivity contribution in [2.75, 3.05) is 0 Å². The zero-order valence-corrected chi connectivity index (χ0v) is 10.6. The van der Waals surface area contributed by atoms with Gasteiger partial charge in [-0.25, -0.2) is 0 Å². The van der Waals surface area contributed by atoms with E-state index in [2.05, 4.69) is 42.5 Å². The summed E-state index contributed by atoms with van der Waals surface area (Å²) in [5, 5.41) is 2.55. The standard InChI is InChI=1S/C17H18O/c18-17-8-4-3-7-16(17)12-13-9-10-14-5-1-2-6-15(14)11-13/h1-2,5-6,9-11,16H,3-4,7-8,12H2. The molecule has 1 aliphatic carbocycles. The number of hydrogen-bond donors (Lipinski definition) is 0. The summed E-state index contributed by atoms with van der Waals surface area (Å²) in [4.78, 5) is 11.9. The van der Waals surface area contributed by atoms with Gasteiger partial charge in [-0.05, 0) is 35.6 Å². The molecule has 0 amide bonds. The maximum Gasteiger partial charge on any atom is 0.136 e. The summed E-state index contributed by atoms with van der Waals surface area (Å²) in [6, 6.07) is 15.0. The fourth-order valence-corrected chi connectivity index (χ4v) is 2.92. The zero-order chi connectivity index (χ0) is 12.4. The van der Waals surface area contributed by atoms with E-state index in [0.717, 1.165) is 25.7 Å². The van der Waals surface area contributed by atoms with Crippen LogP contribution in [0.5, 0.6) is 0 Å². The van der Waals surface area contributed by atoms with Crippen molar-refractivity contribution >= 4 is 16.6 Å². The van der Waals surface area contributed by atoms with Crippen LogP contribution in [-0.2, 0) is 11.2 Å². The first-order chi connectivity index (χ1) is 8.83. The molecule has 0 aromatic heterocycles. The molecule has 18 heavy (non-hydrogen) atoms. The maximum atomic E-state index is 11.9. The predicted octanol–water partition coefficient (Wildman–Crippen LogP) is 4.14. The summed E-state index contributed by atoms with van der Waals surface area (Å²) >= 11 is 0. The van der Waals surface area contributed by atoms with Gasteiger partial charge in [0.05, 0.1) is 0 Å². The molecule has 1 saturated carbocycles. The lowest BCUT2D eigenvalue weighted by Crippen LogP contribution is -2.20. The molecule has 2 aromatic rings. The van der Waals surface area contributed by atoms with Crippen molar-refractivity contribution in [2.24, 2.45) is 5.92 Å². The van der Waals surface area contributed by atoms with Gasteiger partial charge in [-0.2, -0.15) is 0 Å². The Bertz CT molecular complexity index is 571. The molecule has 0 aliphatic heterocycles. The van der Waals surface area contributed by atoms with Crippen molar-refractivity contribution in [3.05, 3.63) is 48.0 Å². The first-order valence-electron chi connectivity index (χ1n) is 6.83. The number of Topliss-reactive ketones (excluding diaryl/α,β-unsaturated/α-hetero) is 1. The highest BCUT2D eigenvalue weighted by molar-refractivity contribution is 5.84. The van der Waals surface area contributed by atoms with Crippen LogP contribution in [0.2, 0.25) is 0 Å². The van der Waals surface area contributed by atoms with Crippen LogP contribution >= 0.6 is 0 Å². The van der Waals surface area contributed by atoms with Crippen molar-refractivity contribution < 1.29 is 4.79 Å². The van der Waals surface area contributed by atoms with E-state index >= 15 is 0 Å². The number of hydrogen-bond acceptors (Lipinski definition) is 1. The average Bonchev–Trinajstić information content (AvgIpc) is 2.41. The van der Waals surface area contributed by atoms with Crippen molar-refractivity contribution in [3.8, 4) is 0 Å². The van der Waals surface area contributed by atoms with Crippen LogP contribution in [0.4, 0.5) is 0 Å². The molecule has 3 rings (SSSR count). The monoisotopic (exact) mass is 238 g/mol. The number of ketones is 1. The lowest BCUT2D eigenvalue weighted by Gasteiger charge is -2.20. The fraction of sp³-hybridized carbons (Fsp3) is 0.353. The van der Waals surface area contributed by atoms with Gasteiger partial charge in [0.1, 0.15) is 5.78 Å². The first kappa shape index (κ1) is 11.5. The molecule has 1 nitrogen and oxygen atoms in total. The maximum absolute atomic E-state index is 11.9. The van der Waals surface area contributed by atoms with E-state index in [1.54, 1.807) is 0 Å². The number of fused-ring (bicyclic) bond motifs is 1. The number of benzene rings is 2. The van der Waals surface area contributed by atoms with E-state index < -0.39 is 0 Å². The van der Waals surface area contributed by atoms with Gasteiger partial charge in [0.15, 0.2) is 0 Å². The van der Waals surface area contributed by atoms with Gasteiger partial charge in [-0.3, -0.25) is 4.79 Å². The Morgan fingerprint density at radius 3 is 2.67 bits per heavy atom. The van der Waals surface area contributed by atoms with E-state index in [9.17, 15) is 4.79 Å². The molecule has 92 valence electrons. The molecule has 0 N–H and O–H groups in total. The van der Waals surface area contributed by atoms with Gasteiger partial charge >= 0.3 is 0 Å². The Kier molecular flexibility index (Phi) is 3.14. The zero-order valence-electron chi connectivity index (χ0n) is 10.6. The van der Waals surface area contributed by atoms with Gasteiger partial charge in [-0.15, -0.1) is 0 Å². The summed E-state index contributed by atoms with van der Waals surface area (Å²) in [7, 11) is 0. The fourth-order valence-electron chi connectivity index (χ4n) is 2.92. The third-order valence-electron chi connectivity index (χ3n) is 3.98. The molecule has 1 heteroatoms. The molecule has 1 unspecified atom stereocenters. The highest BCUT2D eigenvalue weighted by atomic mass is 16.1. The summed E-state index contributed by atoms with van der Waals surface area (Å²) in [6.45, 7) is 0. The third kappa shape index (κ3) is 2.31. The average molecular weight is 238 g/mol. The Balaban J connectivity index is 1.83. The highest BCUT2D eigenvalue weighted by Crippen LogP contribution is 2.25. The minimum absolute atomic E-state index is 0.264. The van der Waals surface area contributed by atoms with Crippen LogP contribution in [0.25, 0.3) is 10.8 Å². The van der Waals surface area contributed by atoms with Crippen molar-refractivity contribution in [1.82, 2.24) is 0 Å². The highest BCUT2D eigenvalue weighted by Gasteiger charge is 2.22. The number of carbonyl (C=O) groups is 1. The molecule has 0 radical (unpaired) electrons. The quantitative estimate of drug-likeness (QED) is 0.768. The molecule has 1 fully saturated rings. The molecule has 2 aromatic carbocycles. The number of rotatable bonds is 2.